The third-order valence-electron chi connectivity index (χ3n) is 3.66. The second-order valence-corrected chi connectivity index (χ2v) is 7.38. The average Bonchev–Trinajstić information content (AvgIpc) is 2.67. The second-order valence-electron chi connectivity index (χ2n) is 5.70. The molecule has 9 heteroatoms. The topological polar surface area (TPSA) is 96.5 Å². The van der Waals surface area contributed by atoms with Gasteiger partial charge in [-0.2, -0.15) is 0 Å². The fraction of sp³-hybridized carbons (Fsp3) is 0.316. The standard InChI is InChI=1S/C19H25N3O4S.ClH/c1-3-20-12-13-21-19(23)15-6-5-7-18(14-15)27(24,25)22-16-8-10-17(11-9-16)26-4-2;/h5-11,14,20,22H,3-4,12-13H2,1-2H3,(H,21,23);1H. The molecule has 0 radical (unpaired) electrons. The first kappa shape index (κ1) is 23.7. The molecule has 0 unspecified atom stereocenters. The zero-order valence-corrected chi connectivity index (χ0v) is 17.5. The van der Waals surface area contributed by atoms with Crippen molar-refractivity contribution in [2.45, 2.75) is 18.7 Å². The molecule has 2 aromatic rings. The number of carbonyl (C=O) groups is 1. The molecular weight excluding hydrogens is 402 g/mol. The van der Waals surface area contributed by atoms with Gasteiger partial charge in [0.05, 0.1) is 11.5 Å². The van der Waals surface area contributed by atoms with Gasteiger partial charge in [-0.15, -0.1) is 12.4 Å². The van der Waals surface area contributed by atoms with Crippen molar-refractivity contribution >= 4 is 34.0 Å². The molecule has 0 aliphatic rings. The van der Waals surface area contributed by atoms with Crippen LogP contribution in [0.4, 0.5) is 5.69 Å². The number of anilines is 1. The minimum Gasteiger partial charge on any atom is -0.494 e. The lowest BCUT2D eigenvalue weighted by Crippen LogP contribution is -2.31. The Morgan fingerprint density at radius 2 is 1.75 bits per heavy atom. The predicted molar refractivity (Wildman–Crippen MR) is 113 cm³/mol. The summed E-state index contributed by atoms with van der Waals surface area (Å²) in [5.41, 5.74) is 0.708. The Hall–Kier alpha value is -2.29. The highest BCUT2D eigenvalue weighted by Gasteiger charge is 2.16. The monoisotopic (exact) mass is 427 g/mol. The molecule has 3 N–H and O–H groups in total. The summed E-state index contributed by atoms with van der Waals surface area (Å²) in [4.78, 5) is 12.2. The lowest BCUT2D eigenvalue weighted by molar-refractivity contribution is 0.0953. The lowest BCUT2D eigenvalue weighted by atomic mass is 10.2. The quantitative estimate of drug-likeness (QED) is 0.506. The fourth-order valence-corrected chi connectivity index (χ4v) is 3.45. The van der Waals surface area contributed by atoms with Crippen molar-refractivity contribution in [2.75, 3.05) is 31.0 Å². The number of hydrogen-bond donors (Lipinski definition) is 3. The van der Waals surface area contributed by atoms with E-state index >= 15 is 0 Å². The van der Waals surface area contributed by atoms with Gasteiger partial charge >= 0.3 is 0 Å². The summed E-state index contributed by atoms with van der Waals surface area (Å²) in [6.07, 6.45) is 0. The molecule has 0 fully saturated rings. The van der Waals surface area contributed by atoms with Crippen LogP contribution < -0.4 is 20.1 Å². The van der Waals surface area contributed by atoms with Gasteiger partial charge in [0.15, 0.2) is 0 Å². The first-order valence-corrected chi connectivity index (χ1v) is 10.3. The largest absolute Gasteiger partial charge is 0.494 e. The van der Waals surface area contributed by atoms with E-state index in [-0.39, 0.29) is 23.2 Å². The summed E-state index contributed by atoms with van der Waals surface area (Å²) < 4.78 is 33.0. The van der Waals surface area contributed by atoms with E-state index in [4.69, 9.17) is 4.74 Å². The second kappa shape index (κ2) is 11.5. The minimum atomic E-state index is -3.81. The fourth-order valence-electron chi connectivity index (χ4n) is 2.35. The highest BCUT2D eigenvalue weighted by molar-refractivity contribution is 7.92. The normalized spacial score (nSPS) is 10.6. The number of hydrogen-bond acceptors (Lipinski definition) is 5. The first-order chi connectivity index (χ1) is 13.0. The van der Waals surface area contributed by atoms with Gasteiger partial charge in [-0.05, 0) is 55.9 Å². The summed E-state index contributed by atoms with van der Waals surface area (Å²) in [5, 5.41) is 5.85. The number of ether oxygens (including phenoxy) is 1. The average molecular weight is 428 g/mol. The molecule has 7 nitrogen and oxygen atoms in total. The van der Waals surface area contributed by atoms with Crippen LogP contribution in [0.2, 0.25) is 0 Å². The number of rotatable bonds is 10. The van der Waals surface area contributed by atoms with Crippen LogP contribution in [-0.2, 0) is 10.0 Å². The van der Waals surface area contributed by atoms with Gasteiger partial charge in [0.25, 0.3) is 15.9 Å². The summed E-state index contributed by atoms with van der Waals surface area (Å²) in [5.74, 6) is 0.350. The molecule has 0 spiro atoms. The zero-order valence-electron chi connectivity index (χ0n) is 15.9. The first-order valence-electron chi connectivity index (χ1n) is 8.81. The molecule has 0 atom stereocenters. The molecule has 154 valence electrons. The van der Waals surface area contributed by atoms with E-state index in [1.165, 1.54) is 12.1 Å². The third kappa shape index (κ3) is 7.03. The molecule has 0 saturated carbocycles. The number of amides is 1. The highest BCUT2D eigenvalue weighted by atomic mass is 35.5. The zero-order chi connectivity index (χ0) is 19.7. The van der Waals surface area contributed by atoms with Crippen LogP contribution in [0.15, 0.2) is 53.4 Å². The number of sulfonamides is 1. The van der Waals surface area contributed by atoms with Gasteiger partial charge in [-0.1, -0.05) is 13.0 Å². The van der Waals surface area contributed by atoms with Gasteiger partial charge in [0.1, 0.15) is 5.75 Å². The van der Waals surface area contributed by atoms with Crippen molar-refractivity contribution in [2.24, 2.45) is 0 Å². The van der Waals surface area contributed by atoms with Crippen LogP contribution in [-0.4, -0.2) is 40.6 Å². The Balaban J connectivity index is 0.00000392. The number of halogens is 1. The number of likely N-dealkylation sites (N-methyl/N-ethyl adjacent to an activating group) is 1. The van der Waals surface area contributed by atoms with Crippen molar-refractivity contribution in [3.63, 3.8) is 0 Å². The lowest BCUT2D eigenvalue weighted by Gasteiger charge is -2.11. The minimum absolute atomic E-state index is 0. The van der Waals surface area contributed by atoms with Gasteiger partial charge in [-0.3, -0.25) is 9.52 Å². The molecule has 2 aromatic carbocycles. The maximum Gasteiger partial charge on any atom is 0.261 e. The smallest absolute Gasteiger partial charge is 0.261 e. The number of nitrogens with one attached hydrogen (secondary N) is 3. The third-order valence-corrected chi connectivity index (χ3v) is 5.04. The van der Waals surface area contributed by atoms with E-state index in [9.17, 15) is 13.2 Å². The van der Waals surface area contributed by atoms with Crippen molar-refractivity contribution < 1.29 is 17.9 Å². The Morgan fingerprint density at radius 1 is 1.04 bits per heavy atom. The SMILES string of the molecule is CCNCCNC(=O)c1cccc(S(=O)(=O)Nc2ccc(OCC)cc2)c1.Cl. The molecule has 1 amide bonds. The van der Waals surface area contributed by atoms with Crippen molar-refractivity contribution in [3.8, 4) is 5.75 Å². The number of benzene rings is 2. The Bertz CT molecular complexity index is 858. The summed E-state index contributed by atoms with van der Waals surface area (Å²) in [6, 6.07) is 12.6. The molecule has 2 rings (SSSR count). The molecule has 0 bridgehead atoms. The van der Waals surface area contributed by atoms with Gasteiger partial charge in [0.2, 0.25) is 0 Å². The van der Waals surface area contributed by atoms with Crippen LogP contribution >= 0.6 is 12.4 Å². The van der Waals surface area contributed by atoms with Gasteiger partial charge in [0, 0.05) is 24.3 Å². The predicted octanol–water partition coefficient (Wildman–Crippen LogP) is 2.65. The Morgan fingerprint density at radius 3 is 2.39 bits per heavy atom. The van der Waals surface area contributed by atoms with Crippen molar-refractivity contribution in [1.29, 1.82) is 0 Å². The maximum atomic E-state index is 12.6. The molecule has 0 aromatic heterocycles. The van der Waals surface area contributed by atoms with E-state index in [2.05, 4.69) is 15.4 Å². The van der Waals surface area contributed by atoms with Crippen molar-refractivity contribution in [1.82, 2.24) is 10.6 Å². The van der Waals surface area contributed by atoms with Crippen molar-refractivity contribution in [3.05, 3.63) is 54.1 Å². The Kier molecular flexibility index (Phi) is 9.78. The van der Waals surface area contributed by atoms with Crippen LogP contribution in [0.3, 0.4) is 0 Å². The van der Waals surface area contributed by atoms with Crippen LogP contribution in [0.5, 0.6) is 5.75 Å². The van der Waals surface area contributed by atoms with Gasteiger partial charge < -0.3 is 15.4 Å². The van der Waals surface area contributed by atoms with Gasteiger partial charge in [-0.25, -0.2) is 8.42 Å². The molecule has 0 heterocycles. The molecular formula is C19H26ClN3O4S. The molecule has 0 aliphatic heterocycles. The number of carbonyl (C=O) groups excluding carboxylic acids is 1. The van der Waals surface area contributed by atoms with Crippen LogP contribution in [0.25, 0.3) is 0 Å². The molecule has 0 aliphatic carbocycles. The molecule has 0 saturated heterocycles. The van der Waals surface area contributed by atoms with E-state index < -0.39 is 10.0 Å². The van der Waals surface area contributed by atoms with Crippen LogP contribution in [0, 0.1) is 0 Å². The van der Waals surface area contributed by atoms with E-state index in [0.29, 0.717) is 36.7 Å². The van der Waals surface area contributed by atoms with E-state index in [1.807, 2.05) is 13.8 Å². The summed E-state index contributed by atoms with van der Waals surface area (Å²) >= 11 is 0. The van der Waals surface area contributed by atoms with E-state index in [0.717, 1.165) is 6.54 Å². The van der Waals surface area contributed by atoms with E-state index in [1.54, 1.807) is 36.4 Å². The van der Waals surface area contributed by atoms with Crippen LogP contribution in [0.1, 0.15) is 24.2 Å². The maximum absolute atomic E-state index is 12.6. The summed E-state index contributed by atoms with van der Waals surface area (Å²) in [7, 11) is -3.81. The molecule has 28 heavy (non-hydrogen) atoms. The summed E-state index contributed by atoms with van der Waals surface area (Å²) in [6.45, 7) is 6.33. The highest BCUT2D eigenvalue weighted by Crippen LogP contribution is 2.20. The Labute approximate surface area is 172 Å².